The highest BCUT2D eigenvalue weighted by Crippen LogP contribution is 2.22. The molecule has 2 atom stereocenters. The first-order chi connectivity index (χ1) is 8.81. The number of nitrogens with one attached hydrogen (secondary N) is 1. The molecule has 0 radical (unpaired) electrons. The van der Waals surface area contributed by atoms with Crippen LogP contribution in [0.1, 0.15) is 32.6 Å². The van der Waals surface area contributed by atoms with Crippen LogP contribution in [0.4, 0.5) is 0 Å². The van der Waals surface area contributed by atoms with Gasteiger partial charge in [-0.1, -0.05) is 0 Å². The molecule has 4 heteroatoms. The van der Waals surface area contributed by atoms with Gasteiger partial charge in [-0.25, -0.2) is 4.98 Å². The van der Waals surface area contributed by atoms with E-state index in [2.05, 4.69) is 32.9 Å². The van der Waals surface area contributed by atoms with Crippen molar-refractivity contribution in [1.29, 1.82) is 0 Å². The third-order valence-corrected chi connectivity index (χ3v) is 4.16. The van der Waals surface area contributed by atoms with Crippen LogP contribution in [0.3, 0.4) is 0 Å². The zero-order valence-corrected chi connectivity index (χ0v) is 11.3. The Hall–Kier alpha value is -0.870. The van der Waals surface area contributed by atoms with Crippen LogP contribution in [0.2, 0.25) is 0 Å². The van der Waals surface area contributed by atoms with Crippen LogP contribution < -0.4 is 5.32 Å². The fourth-order valence-electron chi connectivity index (χ4n) is 2.94. The summed E-state index contributed by atoms with van der Waals surface area (Å²) in [4.78, 5) is 6.74. The summed E-state index contributed by atoms with van der Waals surface area (Å²) >= 11 is 0. The molecule has 2 fully saturated rings. The SMILES string of the molecule is CC(Cn1ccnc1)N1CCCC(NC2CC2)C1. The topological polar surface area (TPSA) is 33.1 Å². The molecule has 2 heterocycles. The van der Waals surface area contributed by atoms with Gasteiger partial charge in [0.2, 0.25) is 0 Å². The van der Waals surface area contributed by atoms with E-state index in [9.17, 15) is 0 Å². The molecule has 3 rings (SSSR count). The molecule has 1 aliphatic carbocycles. The minimum absolute atomic E-state index is 0.600. The maximum Gasteiger partial charge on any atom is 0.0946 e. The van der Waals surface area contributed by atoms with E-state index in [1.807, 2.05) is 12.5 Å². The summed E-state index contributed by atoms with van der Waals surface area (Å²) in [6, 6.07) is 2.15. The predicted octanol–water partition coefficient (Wildman–Crippen LogP) is 1.49. The van der Waals surface area contributed by atoms with Crippen molar-refractivity contribution < 1.29 is 0 Å². The van der Waals surface area contributed by atoms with Crippen LogP contribution in [-0.4, -0.2) is 45.7 Å². The summed E-state index contributed by atoms with van der Waals surface area (Å²) in [5, 5.41) is 3.78. The van der Waals surface area contributed by atoms with Gasteiger partial charge in [-0.2, -0.15) is 0 Å². The van der Waals surface area contributed by atoms with Crippen molar-refractivity contribution in [2.75, 3.05) is 13.1 Å². The largest absolute Gasteiger partial charge is 0.336 e. The Balaban J connectivity index is 1.50. The molecular formula is C14H24N4. The lowest BCUT2D eigenvalue weighted by Crippen LogP contribution is -2.50. The number of hydrogen-bond donors (Lipinski definition) is 1. The van der Waals surface area contributed by atoms with Crippen molar-refractivity contribution in [2.45, 2.75) is 57.3 Å². The van der Waals surface area contributed by atoms with Crippen LogP contribution in [-0.2, 0) is 6.54 Å². The number of imidazole rings is 1. The van der Waals surface area contributed by atoms with Gasteiger partial charge < -0.3 is 9.88 Å². The molecule has 1 saturated carbocycles. The highest BCUT2D eigenvalue weighted by atomic mass is 15.2. The highest BCUT2D eigenvalue weighted by Gasteiger charge is 2.28. The van der Waals surface area contributed by atoms with Crippen LogP contribution in [0.5, 0.6) is 0 Å². The van der Waals surface area contributed by atoms with Gasteiger partial charge in [-0.05, 0) is 39.2 Å². The first-order valence-electron chi connectivity index (χ1n) is 7.27. The zero-order valence-electron chi connectivity index (χ0n) is 11.3. The lowest BCUT2D eigenvalue weighted by molar-refractivity contribution is 0.133. The van der Waals surface area contributed by atoms with E-state index in [1.54, 1.807) is 0 Å². The average Bonchev–Trinajstić information content (AvgIpc) is 3.04. The molecular weight excluding hydrogens is 224 g/mol. The normalized spacial score (nSPS) is 27.3. The Morgan fingerprint density at radius 2 is 2.22 bits per heavy atom. The van der Waals surface area contributed by atoms with Crippen molar-refractivity contribution in [3.05, 3.63) is 18.7 Å². The lowest BCUT2D eigenvalue weighted by atomic mass is 10.0. The fourth-order valence-corrected chi connectivity index (χ4v) is 2.94. The van der Waals surface area contributed by atoms with Gasteiger partial charge in [-0.15, -0.1) is 0 Å². The Bertz CT molecular complexity index is 358. The second-order valence-electron chi connectivity index (χ2n) is 5.88. The van der Waals surface area contributed by atoms with Gasteiger partial charge in [0.05, 0.1) is 6.33 Å². The summed E-state index contributed by atoms with van der Waals surface area (Å²) in [5.41, 5.74) is 0. The van der Waals surface area contributed by atoms with Crippen molar-refractivity contribution in [1.82, 2.24) is 19.8 Å². The van der Waals surface area contributed by atoms with Gasteiger partial charge >= 0.3 is 0 Å². The summed E-state index contributed by atoms with van der Waals surface area (Å²) in [7, 11) is 0. The van der Waals surface area contributed by atoms with Gasteiger partial charge in [0.25, 0.3) is 0 Å². The Morgan fingerprint density at radius 3 is 2.94 bits per heavy atom. The van der Waals surface area contributed by atoms with Crippen molar-refractivity contribution in [2.24, 2.45) is 0 Å². The molecule has 0 aromatic carbocycles. The maximum atomic E-state index is 4.12. The minimum atomic E-state index is 0.600. The maximum absolute atomic E-state index is 4.12. The molecule has 100 valence electrons. The first-order valence-corrected chi connectivity index (χ1v) is 7.27. The summed E-state index contributed by atoms with van der Waals surface area (Å²) in [6.07, 6.45) is 11.3. The minimum Gasteiger partial charge on any atom is -0.336 e. The fraction of sp³-hybridized carbons (Fsp3) is 0.786. The highest BCUT2D eigenvalue weighted by molar-refractivity contribution is 4.89. The van der Waals surface area contributed by atoms with Gasteiger partial charge in [0, 0.05) is 43.6 Å². The molecule has 2 aliphatic rings. The lowest BCUT2D eigenvalue weighted by Gasteiger charge is -2.37. The molecule has 0 spiro atoms. The molecule has 18 heavy (non-hydrogen) atoms. The molecule has 4 nitrogen and oxygen atoms in total. The number of hydrogen-bond acceptors (Lipinski definition) is 3. The number of rotatable bonds is 5. The molecule has 1 N–H and O–H groups in total. The summed E-state index contributed by atoms with van der Waals surface area (Å²) in [5.74, 6) is 0. The van der Waals surface area contributed by atoms with Crippen LogP contribution in [0.15, 0.2) is 18.7 Å². The molecule has 0 amide bonds. The van der Waals surface area contributed by atoms with Crippen LogP contribution in [0, 0.1) is 0 Å². The number of piperidine rings is 1. The van der Waals surface area contributed by atoms with Crippen LogP contribution >= 0.6 is 0 Å². The molecule has 1 aromatic heterocycles. The predicted molar refractivity (Wildman–Crippen MR) is 72.4 cm³/mol. The van der Waals surface area contributed by atoms with Gasteiger partial charge in [-0.3, -0.25) is 4.90 Å². The van der Waals surface area contributed by atoms with E-state index >= 15 is 0 Å². The summed E-state index contributed by atoms with van der Waals surface area (Å²) in [6.45, 7) is 5.85. The average molecular weight is 248 g/mol. The quantitative estimate of drug-likeness (QED) is 0.857. The molecule has 0 bridgehead atoms. The monoisotopic (exact) mass is 248 g/mol. The molecule has 1 saturated heterocycles. The van der Waals surface area contributed by atoms with Crippen LogP contribution in [0.25, 0.3) is 0 Å². The molecule has 2 unspecified atom stereocenters. The Morgan fingerprint density at radius 1 is 1.33 bits per heavy atom. The smallest absolute Gasteiger partial charge is 0.0946 e. The Labute approximate surface area is 109 Å². The second-order valence-corrected chi connectivity index (χ2v) is 5.88. The molecule has 1 aliphatic heterocycles. The van der Waals surface area contributed by atoms with Crippen molar-refractivity contribution in [3.63, 3.8) is 0 Å². The Kier molecular flexibility index (Phi) is 3.66. The first kappa shape index (κ1) is 12.2. The van der Waals surface area contributed by atoms with E-state index < -0.39 is 0 Å². The van der Waals surface area contributed by atoms with E-state index in [-0.39, 0.29) is 0 Å². The third-order valence-electron chi connectivity index (χ3n) is 4.16. The molecule has 1 aromatic rings. The third kappa shape index (κ3) is 3.12. The number of aromatic nitrogens is 2. The zero-order chi connectivity index (χ0) is 12.4. The summed E-state index contributed by atoms with van der Waals surface area (Å²) < 4.78 is 2.18. The van der Waals surface area contributed by atoms with Gasteiger partial charge in [0.15, 0.2) is 0 Å². The van der Waals surface area contributed by atoms with E-state index in [1.165, 1.54) is 38.8 Å². The van der Waals surface area contributed by atoms with Gasteiger partial charge in [0.1, 0.15) is 0 Å². The van der Waals surface area contributed by atoms with Crippen molar-refractivity contribution >= 4 is 0 Å². The standard InChI is InChI=1S/C14H24N4/c1-12(9-17-8-6-15-11-17)18-7-2-3-14(10-18)16-13-4-5-13/h6,8,11-14,16H,2-5,7,9-10H2,1H3. The van der Waals surface area contributed by atoms with E-state index in [4.69, 9.17) is 0 Å². The van der Waals surface area contributed by atoms with Crippen molar-refractivity contribution in [3.8, 4) is 0 Å². The number of nitrogens with zero attached hydrogens (tertiary/aromatic N) is 3. The second kappa shape index (κ2) is 5.41. The number of likely N-dealkylation sites (tertiary alicyclic amines) is 1. The van der Waals surface area contributed by atoms with E-state index in [0.717, 1.165) is 18.6 Å². The van der Waals surface area contributed by atoms with E-state index in [0.29, 0.717) is 6.04 Å².